The van der Waals surface area contributed by atoms with Crippen LogP contribution in [-0.4, -0.2) is 38.1 Å². The second-order valence-corrected chi connectivity index (χ2v) is 10.0. The maximum absolute atomic E-state index is 12.6. The van der Waals surface area contributed by atoms with Gasteiger partial charge in [0.1, 0.15) is 0 Å². The van der Waals surface area contributed by atoms with Crippen molar-refractivity contribution in [2.75, 3.05) is 18.0 Å². The molecule has 0 unspecified atom stereocenters. The van der Waals surface area contributed by atoms with Crippen LogP contribution in [-0.2, 0) is 10.0 Å². The van der Waals surface area contributed by atoms with Gasteiger partial charge in [-0.15, -0.1) is 0 Å². The van der Waals surface area contributed by atoms with E-state index in [4.69, 9.17) is 0 Å². The number of piperidine rings is 1. The second-order valence-electron chi connectivity index (χ2n) is 8.33. The number of benzene rings is 1. The lowest BCUT2D eigenvalue weighted by Crippen LogP contribution is -2.40. The van der Waals surface area contributed by atoms with Gasteiger partial charge in [-0.05, 0) is 70.1 Å². The zero-order chi connectivity index (χ0) is 18.5. The molecule has 0 radical (unpaired) electrons. The van der Waals surface area contributed by atoms with Crippen LogP contribution < -0.4 is 9.62 Å². The number of aromatic carboxylic acids is 1. The van der Waals surface area contributed by atoms with Gasteiger partial charge >= 0.3 is 5.97 Å². The number of rotatable bonds is 4. The Morgan fingerprint density at radius 3 is 2.24 bits per heavy atom. The van der Waals surface area contributed by atoms with Gasteiger partial charge in [-0.3, -0.25) is 0 Å². The van der Waals surface area contributed by atoms with Crippen molar-refractivity contribution in [3.05, 3.63) is 23.8 Å². The van der Waals surface area contributed by atoms with Gasteiger partial charge in [-0.2, -0.15) is 0 Å². The quantitative estimate of drug-likeness (QED) is 0.856. The molecule has 2 N–H and O–H groups in total. The summed E-state index contributed by atoms with van der Waals surface area (Å²) in [4.78, 5) is 13.7. The van der Waals surface area contributed by atoms with E-state index in [1.807, 2.05) is 4.90 Å². The smallest absolute Gasteiger partial charge is 0.337 e. The molecule has 1 spiro atoms. The Labute approximate surface area is 149 Å². The predicted octanol–water partition coefficient (Wildman–Crippen LogP) is 2.84. The molecule has 1 aliphatic heterocycles. The molecule has 25 heavy (non-hydrogen) atoms. The number of nitrogens with one attached hydrogen (secondary N) is 1. The number of nitrogens with zero attached hydrogens (tertiary/aromatic N) is 1. The van der Waals surface area contributed by atoms with Gasteiger partial charge < -0.3 is 10.0 Å². The number of hydrogen-bond donors (Lipinski definition) is 2. The van der Waals surface area contributed by atoms with Crippen LogP contribution in [0.2, 0.25) is 0 Å². The first-order chi connectivity index (χ1) is 11.5. The maximum atomic E-state index is 12.6. The molecule has 1 aliphatic carbocycles. The van der Waals surface area contributed by atoms with Gasteiger partial charge in [-0.25, -0.2) is 17.9 Å². The first kappa shape index (κ1) is 18.2. The van der Waals surface area contributed by atoms with Crippen molar-refractivity contribution in [2.45, 2.75) is 56.9 Å². The Bertz CT molecular complexity index is 782. The topological polar surface area (TPSA) is 86.7 Å². The Morgan fingerprint density at radius 1 is 1.16 bits per heavy atom. The molecule has 0 amide bonds. The van der Waals surface area contributed by atoms with E-state index in [1.54, 1.807) is 20.8 Å². The molecular weight excluding hydrogens is 340 g/mol. The highest BCUT2D eigenvalue weighted by atomic mass is 32.2. The minimum atomic E-state index is -3.70. The van der Waals surface area contributed by atoms with E-state index in [0.29, 0.717) is 11.1 Å². The third-order valence-corrected chi connectivity index (χ3v) is 6.83. The normalized spacial score (nSPS) is 19.9. The van der Waals surface area contributed by atoms with E-state index in [9.17, 15) is 18.3 Å². The number of anilines is 1. The summed E-state index contributed by atoms with van der Waals surface area (Å²) in [5.74, 6) is -1.03. The SMILES string of the molecule is CC(C)(C)NS(=O)(=O)c1ccc(C(=O)O)c(N2CCC3(CC2)CC3)c1. The first-order valence-corrected chi connectivity index (χ1v) is 10.2. The van der Waals surface area contributed by atoms with Gasteiger partial charge in [-0.1, -0.05) is 0 Å². The fourth-order valence-electron chi connectivity index (χ4n) is 3.48. The van der Waals surface area contributed by atoms with Gasteiger partial charge in [0.05, 0.1) is 16.1 Å². The molecule has 1 aromatic carbocycles. The average Bonchev–Trinajstić information content (AvgIpc) is 3.24. The molecule has 6 nitrogen and oxygen atoms in total. The number of carboxylic acid groups (broad SMARTS) is 1. The van der Waals surface area contributed by atoms with Gasteiger partial charge in [0.2, 0.25) is 10.0 Å². The zero-order valence-electron chi connectivity index (χ0n) is 15.0. The van der Waals surface area contributed by atoms with E-state index < -0.39 is 21.5 Å². The van der Waals surface area contributed by atoms with Crippen LogP contribution in [0.25, 0.3) is 0 Å². The average molecular weight is 366 g/mol. The molecule has 1 saturated carbocycles. The molecule has 1 heterocycles. The van der Waals surface area contributed by atoms with Crippen molar-refractivity contribution < 1.29 is 18.3 Å². The maximum Gasteiger partial charge on any atom is 0.337 e. The van der Waals surface area contributed by atoms with Gasteiger partial charge in [0.25, 0.3) is 0 Å². The number of carboxylic acids is 1. The van der Waals surface area contributed by atoms with Crippen molar-refractivity contribution in [1.82, 2.24) is 4.72 Å². The van der Waals surface area contributed by atoms with Crippen LogP contribution in [0.3, 0.4) is 0 Å². The highest BCUT2D eigenvalue weighted by molar-refractivity contribution is 7.89. The Morgan fingerprint density at radius 2 is 1.76 bits per heavy atom. The van der Waals surface area contributed by atoms with Crippen LogP contribution in [0.5, 0.6) is 0 Å². The lowest BCUT2D eigenvalue weighted by molar-refractivity contribution is 0.0697. The minimum Gasteiger partial charge on any atom is -0.478 e. The highest BCUT2D eigenvalue weighted by Crippen LogP contribution is 2.54. The third kappa shape index (κ3) is 3.98. The van der Waals surface area contributed by atoms with E-state index in [-0.39, 0.29) is 10.5 Å². The monoisotopic (exact) mass is 366 g/mol. The predicted molar refractivity (Wildman–Crippen MR) is 96.6 cm³/mol. The summed E-state index contributed by atoms with van der Waals surface area (Å²) in [6.07, 6.45) is 4.61. The van der Waals surface area contributed by atoms with Gasteiger partial charge in [0, 0.05) is 18.6 Å². The van der Waals surface area contributed by atoms with Crippen LogP contribution >= 0.6 is 0 Å². The summed E-state index contributed by atoms with van der Waals surface area (Å²) in [7, 11) is -3.70. The molecular formula is C18H26N2O4S. The van der Waals surface area contributed by atoms with Crippen LogP contribution in [0.15, 0.2) is 23.1 Å². The molecule has 1 saturated heterocycles. The first-order valence-electron chi connectivity index (χ1n) is 8.68. The summed E-state index contributed by atoms with van der Waals surface area (Å²) in [6, 6.07) is 4.27. The van der Waals surface area contributed by atoms with Crippen molar-refractivity contribution in [2.24, 2.45) is 5.41 Å². The fraction of sp³-hybridized carbons (Fsp3) is 0.611. The summed E-state index contributed by atoms with van der Waals surface area (Å²) in [5, 5.41) is 9.50. The molecule has 3 rings (SSSR count). The lowest BCUT2D eigenvalue weighted by Gasteiger charge is -2.34. The molecule has 1 aromatic rings. The Balaban J connectivity index is 1.94. The van der Waals surface area contributed by atoms with Crippen LogP contribution in [0, 0.1) is 5.41 Å². The van der Waals surface area contributed by atoms with Crippen molar-refractivity contribution >= 4 is 21.7 Å². The summed E-state index contributed by atoms with van der Waals surface area (Å²) < 4.78 is 27.8. The highest BCUT2D eigenvalue weighted by Gasteiger charge is 2.44. The molecule has 0 aromatic heterocycles. The zero-order valence-corrected chi connectivity index (χ0v) is 15.8. The van der Waals surface area contributed by atoms with Crippen molar-refractivity contribution in [3.63, 3.8) is 0 Å². The van der Waals surface area contributed by atoms with Crippen molar-refractivity contribution in [3.8, 4) is 0 Å². The van der Waals surface area contributed by atoms with Crippen LogP contribution in [0.4, 0.5) is 5.69 Å². The largest absolute Gasteiger partial charge is 0.478 e. The molecule has 2 fully saturated rings. The number of hydrogen-bond acceptors (Lipinski definition) is 4. The fourth-order valence-corrected chi connectivity index (χ4v) is 4.92. The Kier molecular flexibility index (Phi) is 4.36. The van der Waals surface area contributed by atoms with E-state index in [2.05, 4.69) is 4.72 Å². The third-order valence-electron chi connectivity index (χ3n) is 5.07. The molecule has 138 valence electrons. The summed E-state index contributed by atoms with van der Waals surface area (Å²) in [6.45, 7) is 6.87. The van der Waals surface area contributed by atoms with E-state index in [0.717, 1.165) is 25.9 Å². The minimum absolute atomic E-state index is 0.106. The van der Waals surface area contributed by atoms with Crippen LogP contribution in [0.1, 0.15) is 56.8 Å². The summed E-state index contributed by atoms with van der Waals surface area (Å²) >= 11 is 0. The van der Waals surface area contributed by atoms with E-state index in [1.165, 1.54) is 31.0 Å². The number of sulfonamides is 1. The molecule has 0 atom stereocenters. The van der Waals surface area contributed by atoms with E-state index >= 15 is 0 Å². The Hall–Kier alpha value is -1.60. The molecule has 2 aliphatic rings. The molecule has 7 heteroatoms. The van der Waals surface area contributed by atoms with Gasteiger partial charge in [0.15, 0.2) is 0 Å². The molecule has 0 bridgehead atoms. The summed E-state index contributed by atoms with van der Waals surface area (Å²) in [5.41, 5.74) is 0.520. The van der Waals surface area contributed by atoms with Crippen molar-refractivity contribution in [1.29, 1.82) is 0 Å². The second kappa shape index (κ2) is 5.99. The lowest BCUT2D eigenvalue weighted by atomic mass is 9.93. The number of carbonyl (C=O) groups is 1. The standard InChI is InChI=1S/C18H26N2O4S/c1-17(2,3)19-25(23,24)13-4-5-14(16(21)22)15(12-13)20-10-8-18(6-7-18)9-11-20/h4-5,12,19H,6-11H2,1-3H3,(H,21,22).